The number of benzene rings is 5. The molecule has 15 nitrogen and oxygen atoms in total. The molecule has 1 atom stereocenters. The predicted octanol–water partition coefficient (Wildman–Crippen LogP) is 11.8. The second-order valence-corrected chi connectivity index (χ2v) is 38.1. The normalized spacial score (nSPS) is 13.9. The van der Waals surface area contributed by atoms with Crippen LogP contribution in [0.1, 0.15) is 149 Å². The molecule has 0 amide bonds. The Bertz CT molecular complexity index is 3400. The van der Waals surface area contributed by atoms with Crippen molar-refractivity contribution < 1.29 is 103 Å². The number of sulfone groups is 2. The maximum absolute atomic E-state index is 12.6. The van der Waals surface area contributed by atoms with E-state index in [0.29, 0.717) is 30.2 Å². The fourth-order valence-electron chi connectivity index (χ4n) is 6.99. The van der Waals surface area contributed by atoms with Crippen LogP contribution in [-0.2, 0) is 139 Å². The van der Waals surface area contributed by atoms with Gasteiger partial charge in [0.2, 0.25) is 20.0 Å². The number of rotatable bonds is 6. The van der Waals surface area contributed by atoms with Crippen molar-refractivity contribution in [3.63, 3.8) is 0 Å². The maximum atomic E-state index is 12.6. The molecule has 0 spiro atoms. The van der Waals surface area contributed by atoms with E-state index in [0.717, 1.165) is 75.3 Å². The second kappa shape index (κ2) is 32.0. The number of anilines is 6. The van der Waals surface area contributed by atoms with Crippen LogP contribution in [0.4, 0.5) is 34.1 Å². The van der Waals surface area contributed by atoms with E-state index in [4.69, 9.17) is 33.6 Å². The molecule has 2 heterocycles. The molecular formula is C60H91ClN6O9S5Y2-2. The Hall–Kier alpha value is -2.65. The number of sulfonamides is 2. The van der Waals surface area contributed by atoms with E-state index >= 15 is 0 Å². The van der Waals surface area contributed by atoms with Crippen LogP contribution in [0.25, 0.3) is 0 Å². The summed E-state index contributed by atoms with van der Waals surface area (Å²) in [6.45, 7) is 33.0. The van der Waals surface area contributed by atoms with Crippen molar-refractivity contribution in [3.8, 4) is 0 Å². The van der Waals surface area contributed by atoms with Crippen LogP contribution in [0.15, 0.2) is 91.0 Å². The third-order valence-electron chi connectivity index (χ3n) is 13.0. The summed E-state index contributed by atoms with van der Waals surface area (Å²) in [6, 6.07) is 33.1. The van der Waals surface area contributed by atoms with Gasteiger partial charge in [0, 0.05) is 101 Å². The van der Waals surface area contributed by atoms with Gasteiger partial charge in [-0.2, -0.15) is 54.1 Å². The molecule has 0 bridgehead atoms. The van der Waals surface area contributed by atoms with Gasteiger partial charge in [-0.25, -0.2) is 37.9 Å². The molecule has 5 aromatic rings. The summed E-state index contributed by atoms with van der Waals surface area (Å²) in [5.41, 5.74) is 33.6. The van der Waals surface area contributed by atoms with Gasteiger partial charge in [0.05, 0.1) is 40.9 Å². The molecule has 0 fully saturated rings. The molecule has 0 saturated carbocycles. The van der Waals surface area contributed by atoms with Gasteiger partial charge >= 0.3 is 0 Å². The number of hydrogen-bond acceptors (Lipinski definition) is 13. The third-order valence-corrected chi connectivity index (χ3v) is 25.5. The van der Waals surface area contributed by atoms with Crippen LogP contribution >= 0.6 is 10.7 Å². The molecule has 5 aromatic carbocycles. The smallest absolute Gasteiger partial charge is 0.240 e. The van der Waals surface area contributed by atoms with Crippen LogP contribution < -0.4 is 31.5 Å². The van der Waals surface area contributed by atoms with Crippen molar-refractivity contribution in [2.45, 2.75) is 179 Å². The van der Waals surface area contributed by atoms with Crippen molar-refractivity contribution in [3.05, 3.63) is 142 Å². The first kappa shape index (κ1) is 80.3. The van der Waals surface area contributed by atoms with Gasteiger partial charge in [0.1, 0.15) is 19.9 Å². The first-order valence-corrected chi connectivity index (χ1v) is 34.6. The summed E-state index contributed by atoms with van der Waals surface area (Å²) in [4.78, 5) is 0. The van der Waals surface area contributed by atoms with E-state index in [1.807, 2.05) is 90.1 Å². The van der Waals surface area contributed by atoms with Gasteiger partial charge in [0.15, 0.2) is 9.84 Å². The van der Waals surface area contributed by atoms with Gasteiger partial charge < -0.3 is 22.9 Å². The molecule has 83 heavy (non-hydrogen) atoms. The molecule has 0 aromatic heterocycles. The molecule has 2 aliphatic rings. The zero-order valence-corrected chi connectivity index (χ0v) is 62.6. The van der Waals surface area contributed by atoms with Crippen LogP contribution in [0.3, 0.4) is 0 Å². The summed E-state index contributed by atoms with van der Waals surface area (Å²) in [5, 5.41) is 0. The van der Waals surface area contributed by atoms with Crippen LogP contribution in [-0.4, -0.2) is 74.7 Å². The van der Waals surface area contributed by atoms with Gasteiger partial charge in [-0.3, -0.25) is 8.61 Å². The molecule has 0 aliphatic carbocycles. The summed E-state index contributed by atoms with van der Waals surface area (Å²) < 4.78 is 108. The molecule has 23 heteroatoms. The molecular weight excluding hydrogens is 1320 g/mol. The largest absolute Gasteiger partial charge is 0.449 e. The summed E-state index contributed by atoms with van der Waals surface area (Å²) in [5.74, 6) is 0.146. The number of nitrogens with zero attached hydrogens (tertiary/aromatic N) is 2. The van der Waals surface area contributed by atoms with E-state index in [1.165, 1.54) is 8.61 Å². The van der Waals surface area contributed by atoms with Crippen LogP contribution in [0.5, 0.6) is 0 Å². The fraction of sp³-hybridized carbons (Fsp3) is 0.500. The zero-order valence-electron chi connectivity index (χ0n) is 52.1. The molecule has 0 saturated heterocycles. The summed E-state index contributed by atoms with van der Waals surface area (Å²) >= 11 is 0. The molecule has 2 radical (unpaired) electrons. The second-order valence-electron chi connectivity index (χ2n) is 24.9. The van der Waals surface area contributed by atoms with Crippen molar-refractivity contribution in [1.82, 2.24) is 0 Å². The first-order valence-electron chi connectivity index (χ1n) is 26.5. The number of halogens is 1. The monoisotopic (exact) mass is 1410 g/mol. The standard InChI is InChI=1S/C13H20N2O2S.C12H18N2O2S.C12H19NO2S.C12H17O2S.C7H8N.C4H9ClOS.2Y/c1-13(2,3)18(16,17)15-8-4-5-10-6-7-11(14)9-12(10)15;1-12(2,3)17(15,16)14-7-6-9-4-5-10(13)8-11(9)14;1-9-5-6-11(13)7-10(9)8-16(14,15)12(2,3)4;1-10-7-5-6-8-11(10)9-15(13,14)12(2,3)4;1-6-4-2-3-5-7(6)8;1-4(2,3)7(5)6;;/h6-7,9H,4-5,8,14H2,1-3H3;4-5,8H,6-7,13H2,1-3H3;5-7H,8,13H2,1-4H3;5,7-8H,9H2,1-4H3;2,4-5H,8H2,1H3;1-3H3;;/q;;;2*-1;;;. The average molecular weight is 1410 g/mol. The van der Waals surface area contributed by atoms with Gasteiger partial charge in [-0.15, -0.1) is 11.1 Å². The van der Waals surface area contributed by atoms with E-state index < -0.39 is 68.7 Å². The topological polar surface area (TPSA) is 264 Å². The summed E-state index contributed by atoms with van der Waals surface area (Å²) in [6.07, 6.45) is 2.52. The van der Waals surface area contributed by atoms with Crippen LogP contribution in [0.2, 0.25) is 0 Å². The molecule has 7 rings (SSSR count). The SMILES string of the molecule is CC(C)(C)S(=O)(=O)N1CCCc2ccc(N)cc21.CC(C)(C)S(=O)(=O)N1CCc2ccc(N)cc21.CC(C)(C)S(=O)Cl.Cc1cc[c-]cc1CS(=O)(=O)C(C)(C)C.Cc1cc[c-]cc1N.Cc1ccc(N)cc1CS(=O)(=O)C(C)(C)C.[Y].[Y]. The van der Waals surface area contributed by atoms with Gasteiger partial charge in [-0.1, -0.05) is 37.7 Å². The Balaban J connectivity index is 0.000000992. The summed E-state index contributed by atoms with van der Waals surface area (Å²) in [7, 11) is -8.90. The predicted molar refractivity (Wildman–Crippen MR) is 344 cm³/mol. The number of nitrogens with two attached hydrogens (primary N) is 4. The van der Waals surface area contributed by atoms with Crippen molar-refractivity contribution >= 4 is 94.5 Å². The molecule has 1 unspecified atom stereocenters. The zero-order chi connectivity index (χ0) is 62.7. The number of aryl methyl sites for hydroxylation is 4. The minimum absolute atomic E-state index is 0. The number of hydrogen-bond donors (Lipinski definition) is 4. The van der Waals surface area contributed by atoms with Crippen molar-refractivity contribution in [1.29, 1.82) is 0 Å². The molecule has 460 valence electrons. The van der Waals surface area contributed by atoms with E-state index in [-0.39, 0.29) is 81.7 Å². The molecule has 2 aliphatic heterocycles. The Morgan fingerprint density at radius 2 is 0.855 bits per heavy atom. The maximum Gasteiger partial charge on any atom is 0.240 e. The minimum atomic E-state index is -3.35. The first-order chi connectivity index (χ1) is 36.6. The number of nitrogen functional groups attached to an aromatic ring is 4. The van der Waals surface area contributed by atoms with Crippen LogP contribution in [0, 0.1) is 32.9 Å². The Morgan fingerprint density at radius 1 is 0.494 bits per heavy atom. The van der Waals surface area contributed by atoms with E-state index in [2.05, 4.69) is 12.1 Å². The van der Waals surface area contributed by atoms with E-state index in [1.54, 1.807) is 126 Å². The average Bonchev–Trinajstić information content (AvgIpc) is 3.76. The Kier molecular flexibility index (Phi) is 31.0. The third kappa shape index (κ3) is 23.8. The van der Waals surface area contributed by atoms with Gasteiger partial charge in [-0.05, 0) is 199 Å². The quantitative estimate of drug-likeness (QED) is 0.0701. The van der Waals surface area contributed by atoms with Gasteiger partial charge in [0.25, 0.3) is 0 Å². The van der Waals surface area contributed by atoms with Crippen molar-refractivity contribution in [2.75, 3.05) is 44.6 Å². The minimum Gasteiger partial charge on any atom is -0.449 e. The Labute approximate surface area is 557 Å². The molecule has 8 N–H and O–H groups in total. The number of fused-ring (bicyclic) bond motifs is 2. The van der Waals surface area contributed by atoms with Crippen molar-refractivity contribution in [2.24, 2.45) is 0 Å². The Morgan fingerprint density at radius 3 is 1.23 bits per heavy atom. The van der Waals surface area contributed by atoms with E-state index in [9.17, 15) is 37.9 Å². The fourth-order valence-corrected chi connectivity index (χ4v) is 12.2.